The van der Waals surface area contributed by atoms with Crippen LogP contribution in [0.1, 0.15) is 39.2 Å². The van der Waals surface area contributed by atoms with E-state index in [9.17, 15) is 14.4 Å². The van der Waals surface area contributed by atoms with Gasteiger partial charge in [0.1, 0.15) is 11.5 Å². The summed E-state index contributed by atoms with van der Waals surface area (Å²) in [6, 6.07) is 8.67. The summed E-state index contributed by atoms with van der Waals surface area (Å²) >= 11 is 0. The number of aryl methyl sites for hydroxylation is 2. The van der Waals surface area contributed by atoms with Gasteiger partial charge in [-0.05, 0) is 39.0 Å². The zero-order valence-electron chi connectivity index (χ0n) is 16.4. The zero-order valence-corrected chi connectivity index (χ0v) is 16.4. The maximum Gasteiger partial charge on any atom is 0.257 e. The van der Waals surface area contributed by atoms with Crippen molar-refractivity contribution in [3.05, 3.63) is 53.0 Å². The molecule has 0 atom stereocenters. The summed E-state index contributed by atoms with van der Waals surface area (Å²) in [7, 11) is 0. The number of hydrogen-bond donors (Lipinski definition) is 1. The third-order valence-corrected chi connectivity index (χ3v) is 4.85. The van der Waals surface area contributed by atoms with E-state index in [1.165, 1.54) is 6.92 Å². The number of benzene rings is 1. The van der Waals surface area contributed by atoms with Crippen molar-refractivity contribution in [2.75, 3.05) is 38.0 Å². The fourth-order valence-electron chi connectivity index (χ4n) is 3.34. The van der Waals surface area contributed by atoms with Gasteiger partial charge in [0.05, 0.1) is 12.1 Å². The van der Waals surface area contributed by atoms with Crippen molar-refractivity contribution in [1.82, 2.24) is 9.80 Å². The van der Waals surface area contributed by atoms with E-state index in [4.69, 9.17) is 4.42 Å². The highest BCUT2D eigenvalue weighted by atomic mass is 16.3. The van der Waals surface area contributed by atoms with E-state index in [0.29, 0.717) is 48.8 Å². The number of Topliss-reactive ketones (excluding diaryl/α,β-unsaturated/α-hetero) is 1. The summed E-state index contributed by atoms with van der Waals surface area (Å²) in [5.74, 6) is 1.16. The second kappa shape index (κ2) is 8.39. The Balaban J connectivity index is 1.50. The van der Waals surface area contributed by atoms with Crippen LogP contribution in [0.2, 0.25) is 0 Å². The van der Waals surface area contributed by atoms with Crippen molar-refractivity contribution >= 4 is 23.3 Å². The number of nitrogens with one attached hydrogen (secondary N) is 1. The van der Waals surface area contributed by atoms with Gasteiger partial charge in [0.2, 0.25) is 5.91 Å². The average Bonchev–Trinajstić information content (AvgIpc) is 3.00. The number of furan rings is 1. The Hall–Kier alpha value is -2.93. The predicted octanol–water partition coefficient (Wildman–Crippen LogP) is 2.50. The Morgan fingerprint density at radius 1 is 1.07 bits per heavy atom. The van der Waals surface area contributed by atoms with Crippen LogP contribution in [0.15, 0.2) is 34.7 Å². The summed E-state index contributed by atoms with van der Waals surface area (Å²) in [6.07, 6.45) is 0. The highest BCUT2D eigenvalue weighted by Gasteiger charge is 2.25. The van der Waals surface area contributed by atoms with Crippen molar-refractivity contribution in [1.29, 1.82) is 0 Å². The molecule has 1 saturated heterocycles. The molecule has 1 aromatic heterocycles. The highest BCUT2D eigenvalue weighted by molar-refractivity contribution is 5.97. The van der Waals surface area contributed by atoms with Crippen molar-refractivity contribution in [3.8, 4) is 0 Å². The van der Waals surface area contributed by atoms with Gasteiger partial charge in [-0.1, -0.05) is 12.1 Å². The number of ketones is 1. The molecular weight excluding hydrogens is 358 g/mol. The first-order valence-corrected chi connectivity index (χ1v) is 9.33. The van der Waals surface area contributed by atoms with Gasteiger partial charge >= 0.3 is 0 Å². The van der Waals surface area contributed by atoms with E-state index < -0.39 is 0 Å². The zero-order chi connectivity index (χ0) is 20.3. The molecule has 1 N–H and O–H groups in total. The lowest BCUT2D eigenvalue weighted by atomic mass is 10.1. The molecule has 1 aliphatic heterocycles. The molecule has 2 amide bonds. The molecule has 7 nitrogen and oxygen atoms in total. The van der Waals surface area contributed by atoms with Crippen molar-refractivity contribution in [3.63, 3.8) is 0 Å². The molecular formula is C21H25N3O4. The summed E-state index contributed by atoms with van der Waals surface area (Å²) in [6.45, 7) is 7.74. The first kappa shape index (κ1) is 19.8. The highest BCUT2D eigenvalue weighted by Crippen LogP contribution is 2.17. The van der Waals surface area contributed by atoms with Crippen molar-refractivity contribution in [2.45, 2.75) is 20.8 Å². The van der Waals surface area contributed by atoms with Gasteiger partial charge in [0.15, 0.2) is 5.78 Å². The van der Waals surface area contributed by atoms with Crippen molar-refractivity contribution in [2.24, 2.45) is 0 Å². The van der Waals surface area contributed by atoms with Crippen LogP contribution in [0.3, 0.4) is 0 Å². The molecule has 0 unspecified atom stereocenters. The number of hydrogen-bond acceptors (Lipinski definition) is 5. The molecule has 1 fully saturated rings. The van der Waals surface area contributed by atoms with Crippen LogP contribution in [0.4, 0.5) is 5.69 Å². The second-order valence-corrected chi connectivity index (χ2v) is 7.08. The molecule has 0 aliphatic carbocycles. The quantitative estimate of drug-likeness (QED) is 0.802. The topological polar surface area (TPSA) is 82.9 Å². The maximum atomic E-state index is 12.6. The Kier molecular flexibility index (Phi) is 5.94. The lowest BCUT2D eigenvalue weighted by Crippen LogP contribution is -2.50. The van der Waals surface area contributed by atoms with E-state index in [1.807, 2.05) is 11.8 Å². The van der Waals surface area contributed by atoms with Gasteiger partial charge in [-0.3, -0.25) is 19.3 Å². The minimum Gasteiger partial charge on any atom is -0.466 e. The van der Waals surface area contributed by atoms with Crippen LogP contribution in [0, 0.1) is 13.8 Å². The van der Waals surface area contributed by atoms with E-state index in [2.05, 4.69) is 5.32 Å². The fourth-order valence-corrected chi connectivity index (χ4v) is 3.34. The molecule has 7 heteroatoms. The minimum atomic E-state index is -0.137. The van der Waals surface area contributed by atoms with Crippen LogP contribution in [0.5, 0.6) is 0 Å². The Morgan fingerprint density at radius 3 is 2.39 bits per heavy atom. The predicted molar refractivity (Wildman–Crippen MR) is 106 cm³/mol. The molecule has 0 spiro atoms. The van der Waals surface area contributed by atoms with E-state index in [-0.39, 0.29) is 24.1 Å². The normalized spacial score (nSPS) is 14.8. The summed E-state index contributed by atoms with van der Waals surface area (Å²) in [4.78, 5) is 40.2. The molecule has 1 aliphatic rings. The molecule has 3 rings (SSSR count). The third kappa shape index (κ3) is 4.67. The first-order valence-electron chi connectivity index (χ1n) is 9.33. The first-order chi connectivity index (χ1) is 13.3. The SMILES string of the molecule is CC(=O)c1cccc(NC(=O)CN2CCN(C(=O)c3cc(C)oc3C)CC2)c1. The average molecular weight is 383 g/mol. The Labute approximate surface area is 164 Å². The number of amides is 2. The lowest BCUT2D eigenvalue weighted by Gasteiger charge is -2.34. The molecule has 148 valence electrons. The Bertz CT molecular complexity index is 895. The number of anilines is 1. The molecule has 2 aromatic rings. The molecule has 1 aromatic carbocycles. The molecule has 0 bridgehead atoms. The van der Waals surface area contributed by atoms with Gasteiger partial charge in [0.25, 0.3) is 5.91 Å². The van der Waals surface area contributed by atoms with Crippen molar-refractivity contribution < 1.29 is 18.8 Å². The van der Waals surface area contributed by atoms with Gasteiger partial charge in [-0.15, -0.1) is 0 Å². The standard InChI is InChI=1S/C21H25N3O4/c1-14-11-19(16(3)28-14)21(27)24-9-7-23(8-10-24)13-20(26)22-18-6-4-5-17(12-18)15(2)25/h4-6,11-12H,7-10,13H2,1-3H3,(H,22,26). The Morgan fingerprint density at radius 2 is 1.79 bits per heavy atom. The number of carbonyl (C=O) groups excluding carboxylic acids is 3. The monoisotopic (exact) mass is 383 g/mol. The van der Waals surface area contributed by atoms with E-state index in [1.54, 1.807) is 42.2 Å². The number of carbonyl (C=O) groups is 3. The van der Waals surface area contributed by atoms with Gasteiger partial charge in [-0.25, -0.2) is 0 Å². The van der Waals surface area contributed by atoms with Gasteiger partial charge in [-0.2, -0.15) is 0 Å². The summed E-state index contributed by atoms with van der Waals surface area (Å²) in [5.41, 5.74) is 1.78. The van der Waals surface area contributed by atoms with Crippen LogP contribution < -0.4 is 5.32 Å². The number of nitrogens with zero attached hydrogens (tertiary/aromatic N) is 2. The number of piperazine rings is 1. The summed E-state index contributed by atoms with van der Waals surface area (Å²) in [5, 5.41) is 2.83. The smallest absolute Gasteiger partial charge is 0.257 e. The van der Waals surface area contributed by atoms with E-state index >= 15 is 0 Å². The maximum absolute atomic E-state index is 12.6. The summed E-state index contributed by atoms with van der Waals surface area (Å²) < 4.78 is 5.45. The molecule has 2 heterocycles. The molecule has 28 heavy (non-hydrogen) atoms. The van der Waals surface area contributed by atoms with Crippen LogP contribution in [-0.4, -0.2) is 60.1 Å². The van der Waals surface area contributed by atoms with Gasteiger partial charge in [0, 0.05) is 37.4 Å². The minimum absolute atomic E-state index is 0.0282. The van der Waals surface area contributed by atoms with Gasteiger partial charge < -0.3 is 14.6 Å². The lowest BCUT2D eigenvalue weighted by molar-refractivity contribution is -0.117. The van der Waals surface area contributed by atoms with Crippen LogP contribution in [-0.2, 0) is 4.79 Å². The molecule has 0 saturated carbocycles. The van der Waals surface area contributed by atoms with E-state index in [0.717, 1.165) is 5.76 Å². The van der Waals surface area contributed by atoms with Crippen LogP contribution in [0.25, 0.3) is 0 Å². The molecule has 0 radical (unpaired) electrons. The largest absolute Gasteiger partial charge is 0.466 e. The number of rotatable bonds is 5. The third-order valence-electron chi connectivity index (χ3n) is 4.85. The van der Waals surface area contributed by atoms with Crippen LogP contribution >= 0.6 is 0 Å². The fraction of sp³-hybridized carbons (Fsp3) is 0.381. The second-order valence-electron chi connectivity index (χ2n) is 7.08.